The van der Waals surface area contributed by atoms with Crippen molar-refractivity contribution >= 4 is 0 Å². The number of hydrogen-bond acceptors (Lipinski definition) is 0. The Kier molecular flexibility index (Phi) is 7.61. The molecule has 0 bridgehead atoms. The summed E-state index contributed by atoms with van der Waals surface area (Å²) in [7, 11) is 0. The van der Waals surface area contributed by atoms with Crippen LogP contribution in [0.1, 0.15) is 99.3 Å². The van der Waals surface area contributed by atoms with Gasteiger partial charge in [-0.1, -0.05) is 63.4 Å². The Labute approximate surface area is 190 Å². The van der Waals surface area contributed by atoms with Crippen LogP contribution < -0.4 is 0 Å². The van der Waals surface area contributed by atoms with E-state index >= 15 is 0 Å². The average molecular weight is 439 g/mol. The maximum absolute atomic E-state index is 13.4. The number of benzene rings is 2. The van der Waals surface area contributed by atoms with Crippen LogP contribution in [0.25, 0.3) is 0 Å². The van der Waals surface area contributed by atoms with Crippen molar-refractivity contribution in [2.45, 2.75) is 83.5 Å². The normalized spacial score (nSPS) is 21.9. The summed E-state index contributed by atoms with van der Waals surface area (Å²) in [5.41, 5.74) is 3.83. The molecule has 1 fully saturated rings. The van der Waals surface area contributed by atoms with E-state index in [0.717, 1.165) is 36.0 Å². The molecule has 1 saturated carbocycles. The van der Waals surface area contributed by atoms with Crippen molar-refractivity contribution < 1.29 is 13.2 Å². The van der Waals surface area contributed by atoms with Crippen LogP contribution in [0.2, 0.25) is 0 Å². The third kappa shape index (κ3) is 5.40. The van der Waals surface area contributed by atoms with E-state index in [4.69, 9.17) is 0 Å². The smallest absolute Gasteiger partial charge is 0.194 e. The van der Waals surface area contributed by atoms with E-state index in [1.54, 1.807) is 0 Å². The van der Waals surface area contributed by atoms with E-state index in [-0.39, 0.29) is 5.56 Å². The van der Waals surface area contributed by atoms with Crippen molar-refractivity contribution in [1.82, 2.24) is 0 Å². The zero-order valence-electron chi connectivity index (χ0n) is 19.0. The first-order valence-electron chi connectivity index (χ1n) is 12.3. The molecule has 2 aromatic carbocycles. The lowest BCUT2D eigenvalue weighted by molar-refractivity contribution is 0.199. The Morgan fingerprint density at radius 2 is 1.59 bits per heavy atom. The molecule has 0 aliphatic heterocycles. The van der Waals surface area contributed by atoms with Crippen LogP contribution in [0.5, 0.6) is 0 Å². The van der Waals surface area contributed by atoms with Gasteiger partial charge < -0.3 is 0 Å². The predicted molar refractivity (Wildman–Crippen MR) is 124 cm³/mol. The van der Waals surface area contributed by atoms with E-state index in [0.29, 0.717) is 5.92 Å². The highest BCUT2D eigenvalue weighted by atomic mass is 19.2. The minimum Gasteiger partial charge on any atom is -0.204 e. The highest BCUT2D eigenvalue weighted by molar-refractivity contribution is 5.47. The first-order valence-corrected chi connectivity index (χ1v) is 12.3. The van der Waals surface area contributed by atoms with Crippen molar-refractivity contribution in [3.8, 4) is 11.8 Å². The van der Waals surface area contributed by atoms with Gasteiger partial charge in [0.25, 0.3) is 0 Å². The fraction of sp³-hybridized carbons (Fsp3) is 0.517. The fourth-order valence-corrected chi connectivity index (χ4v) is 5.76. The van der Waals surface area contributed by atoms with Crippen LogP contribution in [-0.4, -0.2) is 0 Å². The highest BCUT2D eigenvalue weighted by Crippen LogP contribution is 2.48. The SMILES string of the molecule is CCCCCCCC1CCC2c3ccc(C#Cc4cc(F)c(F)c(F)c4)cc3CCC2C1. The van der Waals surface area contributed by atoms with Gasteiger partial charge in [-0.3, -0.25) is 0 Å². The maximum Gasteiger partial charge on any atom is 0.194 e. The summed E-state index contributed by atoms with van der Waals surface area (Å²) >= 11 is 0. The molecule has 0 spiro atoms. The molecule has 0 saturated heterocycles. The highest BCUT2D eigenvalue weighted by Gasteiger charge is 2.34. The zero-order chi connectivity index (χ0) is 22.5. The third-order valence-corrected chi connectivity index (χ3v) is 7.47. The first-order chi connectivity index (χ1) is 15.5. The Bertz CT molecular complexity index is 974. The Morgan fingerprint density at radius 3 is 2.38 bits per heavy atom. The Morgan fingerprint density at radius 1 is 0.844 bits per heavy atom. The quantitative estimate of drug-likeness (QED) is 0.242. The summed E-state index contributed by atoms with van der Waals surface area (Å²) in [6, 6.07) is 8.25. The molecule has 0 aromatic heterocycles. The van der Waals surface area contributed by atoms with E-state index in [2.05, 4.69) is 30.9 Å². The second-order valence-electron chi connectivity index (χ2n) is 9.70. The van der Waals surface area contributed by atoms with Gasteiger partial charge in [0.2, 0.25) is 0 Å². The average Bonchev–Trinajstić information content (AvgIpc) is 2.80. The molecule has 3 unspecified atom stereocenters. The summed E-state index contributed by atoms with van der Waals surface area (Å²) in [4.78, 5) is 0. The van der Waals surface area contributed by atoms with E-state index < -0.39 is 17.5 Å². The summed E-state index contributed by atoms with van der Waals surface area (Å²) < 4.78 is 40.0. The van der Waals surface area contributed by atoms with Crippen molar-refractivity contribution in [2.75, 3.05) is 0 Å². The van der Waals surface area contributed by atoms with Crippen LogP contribution >= 0.6 is 0 Å². The van der Waals surface area contributed by atoms with Gasteiger partial charge in [0.05, 0.1) is 0 Å². The van der Waals surface area contributed by atoms with Gasteiger partial charge in [-0.25, -0.2) is 13.2 Å². The van der Waals surface area contributed by atoms with Gasteiger partial charge in [-0.15, -0.1) is 0 Å². The number of aryl methyl sites for hydroxylation is 1. The number of halogens is 3. The largest absolute Gasteiger partial charge is 0.204 e. The molecular formula is C29H33F3. The van der Waals surface area contributed by atoms with E-state index in [1.807, 2.05) is 6.07 Å². The van der Waals surface area contributed by atoms with Gasteiger partial charge in [0, 0.05) is 11.1 Å². The van der Waals surface area contributed by atoms with E-state index in [9.17, 15) is 13.2 Å². The molecule has 0 amide bonds. The van der Waals surface area contributed by atoms with E-state index in [1.165, 1.54) is 75.3 Å². The molecule has 32 heavy (non-hydrogen) atoms. The lowest BCUT2D eigenvalue weighted by Gasteiger charge is -2.40. The zero-order valence-corrected chi connectivity index (χ0v) is 19.0. The topological polar surface area (TPSA) is 0 Å². The molecule has 0 N–H and O–H groups in total. The van der Waals surface area contributed by atoms with Crippen LogP contribution in [0.15, 0.2) is 30.3 Å². The molecule has 170 valence electrons. The lowest BCUT2D eigenvalue weighted by Crippen LogP contribution is -2.28. The van der Waals surface area contributed by atoms with Gasteiger partial charge in [-0.05, 0) is 85.3 Å². The van der Waals surface area contributed by atoms with Crippen LogP contribution in [0, 0.1) is 41.1 Å². The minimum absolute atomic E-state index is 0.146. The van der Waals surface area contributed by atoms with Crippen molar-refractivity contribution in [2.24, 2.45) is 11.8 Å². The number of hydrogen-bond donors (Lipinski definition) is 0. The Hall–Kier alpha value is -2.21. The molecule has 2 aromatic rings. The fourth-order valence-electron chi connectivity index (χ4n) is 5.76. The second-order valence-corrected chi connectivity index (χ2v) is 9.70. The van der Waals surface area contributed by atoms with Crippen molar-refractivity contribution in [3.05, 3.63) is 70.0 Å². The monoisotopic (exact) mass is 438 g/mol. The van der Waals surface area contributed by atoms with Crippen LogP contribution in [0.4, 0.5) is 13.2 Å². The summed E-state index contributed by atoms with van der Waals surface area (Å²) in [6.07, 6.45) is 14.6. The standard InChI is InChI=1S/C29H33F3/c1-2-3-4-5-6-7-20-10-14-25-23(16-20)12-13-24-17-21(11-15-26(24)25)8-9-22-18-27(30)29(32)28(31)19-22/h11,15,17-20,23,25H,2-7,10,12-14,16H2,1H3. The molecule has 0 heterocycles. The number of fused-ring (bicyclic) bond motifs is 3. The number of unbranched alkanes of at least 4 members (excludes halogenated alkanes) is 4. The van der Waals surface area contributed by atoms with Crippen molar-refractivity contribution in [1.29, 1.82) is 0 Å². The second kappa shape index (κ2) is 10.6. The minimum atomic E-state index is -1.45. The molecular weight excluding hydrogens is 405 g/mol. The molecule has 2 aliphatic carbocycles. The molecule has 0 nitrogen and oxygen atoms in total. The van der Waals surface area contributed by atoms with Crippen LogP contribution in [0.3, 0.4) is 0 Å². The number of rotatable bonds is 6. The summed E-state index contributed by atoms with van der Waals surface area (Å²) in [5.74, 6) is 4.28. The third-order valence-electron chi connectivity index (χ3n) is 7.47. The van der Waals surface area contributed by atoms with Crippen molar-refractivity contribution in [3.63, 3.8) is 0 Å². The maximum atomic E-state index is 13.4. The van der Waals surface area contributed by atoms with Gasteiger partial charge in [0.1, 0.15) is 0 Å². The summed E-state index contributed by atoms with van der Waals surface area (Å²) in [6.45, 7) is 2.27. The molecule has 3 heteroatoms. The predicted octanol–water partition coefficient (Wildman–Crippen LogP) is 8.31. The van der Waals surface area contributed by atoms with Crippen LogP contribution in [-0.2, 0) is 6.42 Å². The Balaban J connectivity index is 1.39. The van der Waals surface area contributed by atoms with Gasteiger partial charge in [-0.2, -0.15) is 0 Å². The summed E-state index contributed by atoms with van der Waals surface area (Å²) in [5, 5.41) is 0. The van der Waals surface area contributed by atoms with Gasteiger partial charge >= 0.3 is 0 Å². The first kappa shape index (κ1) is 23.0. The molecule has 3 atom stereocenters. The van der Waals surface area contributed by atoms with Gasteiger partial charge in [0.15, 0.2) is 17.5 Å². The molecule has 0 radical (unpaired) electrons. The molecule has 2 aliphatic rings. The lowest BCUT2D eigenvalue weighted by atomic mass is 9.64. The molecule has 4 rings (SSSR count).